The van der Waals surface area contributed by atoms with Gasteiger partial charge in [0.15, 0.2) is 11.9 Å². The lowest BCUT2D eigenvalue weighted by molar-refractivity contribution is -0.127. The van der Waals surface area contributed by atoms with Crippen molar-refractivity contribution in [2.24, 2.45) is 0 Å². The van der Waals surface area contributed by atoms with E-state index in [1.54, 1.807) is 37.4 Å². The second-order valence-electron chi connectivity index (χ2n) is 8.09. The molecule has 174 valence electrons. The Labute approximate surface area is 192 Å². The molecule has 4 rings (SSSR count). The number of aromatic nitrogens is 1. The lowest BCUT2D eigenvalue weighted by Crippen LogP contribution is -2.47. The molecular weight excluding hydrogens is 424 g/mol. The summed E-state index contributed by atoms with van der Waals surface area (Å²) in [5.74, 6) is 0.585. The zero-order chi connectivity index (χ0) is 23.4. The SMILES string of the molecule is CCCC(=O)c1ccc2c(c1)N(CC(=O)Nc1ccc(N3CCOCC3)nc1)C(=O)C(C)O2. The van der Waals surface area contributed by atoms with Crippen LogP contribution in [0.5, 0.6) is 5.75 Å². The molecule has 1 aromatic carbocycles. The molecule has 3 heterocycles. The highest BCUT2D eigenvalue weighted by Crippen LogP contribution is 2.35. The minimum absolute atomic E-state index is 0.0118. The van der Waals surface area contributed by atoms with Gasteiger partial charge in [0.2, 0.25) is 5.91 Å². The van der Waals surface area contributed by atoms with Crippen molar-refractivity contribution in [3.8, 4) is 5.75 Å². The first-order chi connectivity index (χ1) is 16.0. The molecular formula is C24H28N4O5. The highest BCUT2D eigenvalue weighted by atomic mass is 16.5. The van der Waals surface area contributed by atoms with Crippen molar-refractivity contribution in [3.05, 3.63) is 42.1 Å². The van der Waals surface area contributed by atoms with Crippen LogP contribution in [-0.4, -0.2) is 61.5 Å². The fourth-order valence-corrected chi connectivity index (χ4v) is 3.90. The zero-order valence-electron chi connectivity index (χ0n) is 18.9. The average Bonchev–Trinajstić information content (AvgIpc) is 2.83. The number of nitrogens with zero attached hydrogens (tertiary/aromatic N) is 3. The smallest absolute Gasteiger partial charge is 0.268 e. The summed E-state index contributed by atoms with van der Waals surface area (Å²) >= 11 is 0. The Bertz CT molecular complexity index is 1030. The van der Waals surface area contributed by atoms with Crippen molar-refractivity contribution in [2.75, 3.05) is 48.0 Å². The summed E-state index contributed by atoms with van der Waals surface area (Å²) in [6.07, 6.45) is 2.02. The second-order valence-corrected chi connectivity index (χ2v) is 8.09. The average molecular weight is 453 g/mol. The van der Waals surface area contributed by atoms with E-state index in [0.717, 1.165) is 25.3 Å². The van der Waals surface area contributed by atoms with Crippen molar-refractivity contribution in [3.63, 3.8) is 0 Å². The van der Waals surface area contributed by atoms with Crippen molar-refractivity contribution in [1.29, 1.82) is 0 Å². The number of hydrogen-bond donors (Lipinski definition) is 1. The van der Waals surface area contributed by atoms with Gasteiger partial charge >= 0.3 is 0 Å². The van der Waals surface area contributed by atoms with E-state index >= 15 is 0 Å². The first kappa shape index (κ1) is 22.7. The Morgan fingerprint density at radius 1 is 1.18 bits per heavy atom. The summed E-state index contributed by atoms with van der Waals surface area (Å²) in [4.78, 5) is 45.9. The number of nitrogens with one attached hydrogen (secondary N) is 1. The molecule has 9 heteroatoms. The van der Waals surface area contributed by atoms with Gasteiger partial charge in [-0.25, -0.2) is 4.98 Å². The third-order valence-corrected chi connectivity index (χ3v) is 5.63. The van der Waals surface area contributed by atoms with Crippen LogP contribution in [0.3, 0.4) is 0 Å². The summed E-state index contributed by atoms with van der Waals surface area (Å²) in [6.45, 7) is 6.26. The van der Waals surface area contributed by atoms with Gasteiger partial charge in [-0.05, 0) is 43.7 Å². The number of hydrogen-bond acceptors (Lipinski definition) is 7. The van der Waals surface area contributed by atoms with Gasteiger partial charge in [0, 0.05) is 25.1 Å². The van der Waals surface area contributed by atoms with Gasteiger partial charge in [-0.15, -0.1) is 0 Å². The Morgan fingerprint density at radius 2 is 1.97 bits per heavy atom. The number of ether oxygens (including phenoxy) is 2. The van der Waals surface area contributed by atoms with Crippen LogP contribution >= 0.6 is 0 Å². The summed E-state index contributed by atoms with van der Waals surface area (Å²) in [5, 5.41) is 2.80. The number of pyridine rings is 1. The molecule has 1 saturated heterocycles. The van der Waals surface area contributed by atoms with Crippen molar-refractivity contribution in [2.45, 2.75) is 32.8 Å². The van der Waals surface area contributed by atoms with Crippen LogP contribution in [0.15, 0.2) is 36.5 Å². The van der Waals surface area contributed by atoms with E-state index in [-0.39, 0.29) is 24.1 Å². The monoisotopic (exact) mass is 452 g/mol. The number of benzene rings is 1. The number of morpholine rings is 1. The van der Waals surface area contributed by atoms with Crippen LogP contribution in [0.4, 0.5) is 17.2 Å². The van der Waals surface area contributed by atoms with Gasteiger partial charge in [-0.1, -0.05) is 6.92 Å². The molecule has 0 aliphatic carbocycles. The normalized spacial score (nSPS) is 17.9. The third kappa shape index (κ3) is 5.14. The molecule has 2 amide bonds. The Morgan fingerprint density at radius 3 is 2.67 bits per heavy atom. The molecule has 0 bridgehead atoms. The van der Waals surface area contributed by atoms with Crippen LogP contribution < -0.4 is 19.9 Å². The third-order valence-electron chi connectivity index (χ3n) is 5.63. The maximum absolute atomic E-state index is 12.8. The number of carbonyl (C=O) groups excluding carboxylic acids is 3. The standard InChI is InChI=1S/C24H28N4O5/c1-3-4-20(29)17-5-7-21-19(13-17)28(24(31)16(2)33-21)15-23(30)26-18-6-8-22(25-14-18)27-9-11-32-12-10-27/h5-8,13-14,16H,3-4,9-12,15H2,1-2H3,(H,26,30). The molecule has 1 N–H and O–H groups in total. The number of carbonyl (C=O) groups is 3. The molecule has 1 unspecified atom stereocenters. The summed E-state index contributed by atoms with van der Waals surface area (Å²) in [6, 6.07) is 8.64. The number of Topliss-reactive ketones (excluding diaryl/α,β-unsaturated/α-hetero) is 1. The Balaban J connectivity index is 1.47. The van der Waals surface area contributed by atoms with E-state index < -0.39 is 6.10 Å². The van der Waals surface area contributed by atoms with Crippen LogP contribution in [0, 0.1) is 0 Å². The van der Waals surface area contributed by atoms with Crippen molar-refractivity contribution < 1.29 is 23.9 Å². The predicted molar refractivity (Wildman–Crippen MR) is 124 cm³/mol. The van der Waals surface area contributed by atoms with Crippen LogP contribution in [0.2, 0.25) is 0 Å². The van der Waals surface area contributed by atoms with Gasteiger partial charge in [0.25, 0.3) is 5.91 Å². The van der Waals surface area contributed by atoms with Crippen LogP contribution in [0.1, 0.15) is 37.0 Å². The molecule has 1 atom stereocenters. The van der Waals surface area contributed by atoms with E-state index in [2.05, 4.69) is 15.2 Å². The van der Waals surface area contributed by atoms with Crippen molar-refractivity contribution >= 4 is 34.8 Å². The number of rotatable bonds is 7. The molecule has 2 aliphatic heterocycles. The van der Waals surface area contributed by atoms with E-state index in [9.17, 15) is 14.4 Å². The first-order valence-corrected chi connectivity index (χ1v) is 11.2. The van der Waals surface area contributed by atoms with Gasteiger partial charge in [-0.2, -0.15) is 0 Å². The minimum Gasteiger partial charge on any atom is -0.479 e. The number of amides is 2. The van der Waals surface area contributed by atoms with Crippen LogP contribution in [-0.2, 0) is 14.3 Å². The molecule has 2 aromatic rings. The highest BCUT2D eigenvalue weighted by Gasteiger charge is 2.33. The molecule has 9 nitrogen and oxygen atoms in total. The molecule has 0 spiro atoms. The van der Waals surface area contributed by atoms with E-state index in [0.29, 0.717) is 42.3 Å². The number of fused-ring (bicyclic) bond motifs is 1. The summed E-state index contributed by atoms with van der Waals surface area (Å²) in [7, 11) is 0. The van der Waals surface area contributed by atoms with Gasteiger partial charge in [0.05, 0.1) is 30.8 Å². The zero-order valence-corrected chi connectivity index (χ0v) is 18.9. The van der Waals surface area contributed by atoms with Gasteiger partial charge in [-0.3, -0.25) is 19.3 Å². The quantitative estimate of drug-likeness (QED) is 0.645. The van der Waals surface area contributed by atoms with Gasteiger partial charge < -0.3 is 19.7 Å². The fourth-order valence-electron chi connectivity index (χ4n) is 3.90. The molecule has 1 aromatic heterocycles. The molecule has 2 aliphatic rings. The number of anilines is 3. The maximum Gasteiger partial charge on any atom is 0.268 e. The Kier molecular flexibility index (Phi) is 6.88. The molecule has 0 radical (unpaired) electrons. The van der Waals surface area contributed by atoms with E-state index in [1.807, 2.05) is 13.0 Å². The summed E-state index contributed by atoms with van der Waals surface area (Å²) < 4.78 is 11.0. The van der Waals surface area contributed by atoms with Crippen molar-refractivity contribution in [1.82, 2.24) is 4.98 Å². The molecule has 0 saturated carbocycles. The minimum atomic E-state index is -0.725. The largest absolute Gasteiger partial charge is 0.479 e. The lowest BCUT2D eigenvalue weighted by Gasteiger charge is -2.32. The molecule has 33 heavy (non-hydrogen) atoms. The van der Waals surface area contributed by atoms with E-state index in [4.69, 9.17) is 9.47 Å². The first-order valence-electron chi connectivity index (χ1n) is 11.2. The molecule has 1 fully saturated rings. The maximum atomic E-state index is 12.8. The fraction of sp³-hybridized carbons (Fsp3) is 0.417. The highest BCUT2D eigenvalue weighted by molar-refractivity contribution is 6.07. The summed E-state index contributed by atoms with van der Waals surface area (Å²) in [5.41, 5.74) is 1.46. The van der Waals surface area contributed by atoms with Gasteiger partial charge in [0.1, 0.15) is 18.1 Å². The predicted octanol–water partition coefficient (Wildman–Crippen LogP) is 2.65. The topological polar surface area (TPSA) is 101 Å². The second kappa shape index (κ2) is 9.99. The lowest BCUT2D eigenvalue weighted by atomic mass is 10.0. The Hall–Kier alpha value is -3.46. The van der Waals surface area contributed by atoms with E-state index in [1.165, 1.54) is 4.90 Å². The van der Waals surface area contributed by atoms with Crippen LogP contribution in [0.25, 0.3) is 0 Å². The number of ketones is 1.